The third-order valence-electron chi connectivity index (χ3n) is 4.59. The molecule has 4 amide bonds. The first-order chi connectivity index (χ1) is 14.3. The van der Waals surface area contributed by atoms with E-state index in [0.717, 1.165) is 36.1 Å². The van der Waals surface area contributed by atoms with Gasteiger partial charge in [0.1, 0.15) is 5.00 Å². The second-order valence-corrected chi connectivity index (χ2v) is 8.06. The van der Waals surface area contributed by atoms with Crippen molar-refractivity contribution in [2.75, 3.05) is 10.6 Å². The molecular weight excluding hydrogens is 406 g/mol. The fourth-order valence-corrected chi connectivity index (χ4v) is 4.52. The highest BCUT2D eigenvalue weighted by Crippen LogP contribution is 2.38. The van der Waals surface area contributed by atoms with Gasteiger partial charge in [0, 0.05) is 17.5 Å². The summed E-state index contributed by atoms with van der Waals surface area (Å²) in [7, 11) is 0. The van der Waals surface area contributed by atoms with E-state index in [4.69, 9.17) is 4.74 Å². The first-order valence-corrected chi connectivity index (χ1v) is 10.5. The van der Waals surface area contributed by atoms with Gasteiger partial charge < -0.3 is 15.4 Å². The molecule has 0 saturated carbocycles. The zero-order valence-electron chi connectivity index (χ0n) is 16.7. The number of imide groups is 1. The van der Waals surface area contributed by atoms with Crippen molar-refractivity contribution in [2.45, 2.75) is 45.6 Å². The van der Waals surface area contributed by atoms with E-state index in [9.17, 15) is 19.2 Å². The molecule has 3 N–H and O–H groups in total. The normalized spacial score (nSPS) is 13.5. The number of carbonyl (C=O) groups is 4. The maximum atomic E-state index is 12.8. The van der Waals surface area contributed by atoms with Crippen molar-refractivity contribution in [1.29, 1.82) is 0 Å². The second kappa shape index (κ2) is 9.53. The molecule has 1 unspecified atom stereocenters. The Labute approximate surface area is 178 Å². The fourth-order valence-electron chi connectivity index (χ4n) is 3.20. The van der Waals surface area contributed by atoms with Gasteiger partial charge >= 0.3 is 12.0 Å². The number of nitrogens with one attached hydrogen (secondary N) is 3. The summed E-state index contributed by atoms with van der Waals surface area (Å²) >= 11 is 1.37. The highest BCUT2D eigenvalue weighted by atomic mass is 32.1. The van der Waals surface area contributed by atoms with E-state index in [0.29, 0.717) is 16.3 Å². The minimum atomic E-state index is -1.19. The Morgan fingerprint density at radius 1 is 1.03 bits per heavy atom. The minimum absolute atomic E-state index is 0.286. The van der Waals surface area contributed by atoms with Crippen molar-refractivity contribution in [3.05, 3.63) is 46.3 Å². The van der Waals surface area contributed by atoms with Crippen LogP contribution >= 0.6 is 11.3 Å². The monoisotopic (exact) mass is 429 g/mol. The second-order valence-electron chi connectivity index (χ2n) is 6.95. The Hall–Kier alpha value is -3.20. The molecule has 1 aromatic heterocycles. The summed E-state index contributed by atoms with van der Waals surface area (Å²) in [6.07, 6.45) is 2.34. The van der Waals surface area contributed by atoms with E-state index in [1.807, 2.05) is 0 Å². The van der Waals surface area contributed by atoms with Crippen LogP contribution in [-0.4, -0.2) is 29.9 Å². The van der Waals surface area contributed by atoms with Gasteiger partial charge in [0.05, 0.1) is 5.56 Å². The van der Waals surface area contributed by atoms with Gasteiger partial charge in [0.25, 0.3) is 5.91 Å². The number of anilines is 2. The van der Waals surface area contributed by atoms with Crippen molar-refractivity contribution < 1.29 is 23.9 Å². The number of esters is 1. The molecule has 9 heteroatoms. The average Bonchev–Trinajstić information content (AvgIpc) is 3.05. The van der Waals surface area contributed by atoms with Crippen LogP contribution < -0.4 is 16.0 Å². The third kappa shape index (κ3) is 5.24. The predicted octanol–water partition coefficient (Wildman–Crippen LogP) is 3.48. The summed E-state index contributed by atoms with van der Waals surface area (Å²) in [5.74, 6) is -1.72. The van der Waals surface area contributed by atoms with Crippen molar-refractivity contribution in [3.8, 4) is 0 Å². The van der Waals surface area contributed by atoms with Crippen LogP contribution in [0.4, 0.5) is 15.5 Å². The standard InChI is InChI=1S/C21H23N3O5S/c1-12(18(26)24-21(28)23-14-8-4-3-5-9-14)29-20(27)17-15-10-6-7-11-16(15)30-19(17)22-13(2)25/h3-5,8-9,12H,6-7,10-11H2,1-2H3,(H,22,25)(H2,23,24,26,28). The zero-order chi connectivity index (χ0) is 21.7. The Kier molecular flexibility index (Phi) is 6.83. The first-order valence-electron chi connectivity index (χ1n) is 9.65. The van der Waals surface area contributed by atoms with E-state index in [2.05, 4.69) is 16.0 Å². The Morgan fingerprint density at radius 3 is 2.43 bits per heavy atom. The van der Waals surface area contributed by atoms with Crippen LogP contribution in [0.1, 0.15) is 47.5 Å². The van der Waals surface area contributed by atoms with E-state index >= 15 is 0 Å². The molecule has 0 fully saturated rings. The predicted molar refractivity (Wildman–Crippen MR) is 114 cm³/mol. The van der Waals surface area contributed by atoms with Crippen molar-refractivity contribution in [3.63, 3.8) is 0 Å². The maximum Gasteiger partial charge on any atom is 0.342 e. The number of aryl methyl sites for hydroxylation is 1. The molecule has 3 rings (SSSR count). The number of amides is 4. The maximum absolute atomic E-state index is 12.8. The molecule has 158 valence electrons. The van der Waals surface area contributed by atoms with Crippen LogP contribution in [0.3, 0.4) is 0 Å². The molecular formula is C21H23N3O5S. The summed E-state index contributed by atoms with van der Waals surface area (Å²) in [6.45, 7) is 2.76. The molecule has 0 radical (unpaired) electrons. The van der Waals surface area contributed by atoms with Gasteiger partial charge in [0.2, 0.25) is 5.91 Å². The molecule has 1 aliphatic rings. The van der Waals surface area contributed by atoms with Crippen molar-refractivity contribution in [1.82, 2.24) is 5.32 Å². The lowest BCUT2D eigenvalue weighted by Crippen LogP contribution is -2.41. The molecule has 0 aliphatic heterocycles. The van der Waals surface area contributed by atoms with Crippen LogP contribution in [0.5, 0.6) is 0 Å². The van der Waals surface area contributed by atoms with Crippen LogP contribution in [0, 0.1) is 0 Å². The number of urea groups is 1. The van der Waals surface area contributed by atoms with Crippen LogP contribution in [0.2, 0.25) is 0 Å². The van der Waals surface area contributed by atoms with Crippen molar-refractivity contribution >= 4 is 45.8 Å². The van der Waals surface area contributed by atoms with Gasteiger partial charge in [-0.25, -0.2) is 9.59 Å². The molecule has 1 heterocycles. The number of rotatable bonds is 5. The lowest BCUT2D eigenvalue weighted by atomic mass is 9.95. The number of thiophene rings is 1. The molecule has 30 heavy (non-hydrogen) atoms. The van der Waals surface area contributed by atoms with Gasteiger partial charge in [-0.3, -0.25) is 14.9 Å². The van der Waals surface area contributed by atoms with E-state index < -0.39 is 24.0 Å². The van der Waals surface area contributed by atoms with Gasteiger partial charge in [-0.1, -0.05) is 18.2 Å². The molecule has 0 bridgehead atoms. The summed E-state index contributed by atoms with van der Waals surface area (Å²) in [4.78, 5) is 49.7. The summed E-state index contributed by atoms with van der Waals surface area (Å²) in [5, 5.41) is 7.80. The number of hydrogen-bond acceptors (Lipinski definition) is 6. The topological polar surface area (TPSA) is 114 Å². The minimum Gasteiger partial charge on any atom is -0.449 e. The van der Waals surface area contributed by atoms with Gasteiger partial charge in [-0.05, 0) is 50.3 Å². The number of carbonyl (C=O) groups excluding carboxylic acids is 4. The number of benzene rings is 1. The van der Waals surface area contributed by atoms with E-state index in [1.165, 1.54) is 25.2 Å². The van der Waals surface area contributed by atoms with Gasteiger partial charge in [0.15, 0.2) is 6.10 Å². The zero-order valence-corrected chi connectivity index (χ0v) is 17.6. The number of ether oxygens (including phenoxy) is 1. The van der Waals surface area contributed by atoms with Crippen molar-refractivity contribution in [2.24, 2.45) is 0 Å². The molecule has 1 aliphatic carbocycles. The Balaban J connectivity index is 1.66. The quantitative estimate of drug-likeness (QED) is 0.630. The largest absolute Gasteiger partial charge is 0.449 e. The van der Waals surface area contributed by atoms with Crippen LogP contribution in [-0.2, 0) is 27.2 Å². The van der Waals surface area contributed by atoms with Crippen LogP contribution in [0.15, 0.2) is 30.3 Å². The number of fused-ring (bicyclic) bond motifs is 1. The first kappa shape index (κ1) is 21.5. The molecule has 0 spiro atoms. The fraction of sp³-hybridized carbons (Fsp3) is 0.333. The van der Waals surface area contributed by atoms with Crippen LogP contribution in [0.25, 0.3) is 0 Å². The smallest absolute Gasteiger partial charge is 0.342 e. The Bertz CT molecular complexity index is 971. The van der Waals surface area contributed by atoms with E-state index in [-0.39, 0.29) is 5.91 Å². The van der Waals surface area contributed by atoms with E-state index in [1.54, 1.807) is 30.3 Å². The molecule has 8 nitrogen and oxygen atoms in total. The lowest BCUT2D eigenvalue weighted by molar-refractivity contribution is -0.127. The van der Waals surface area contributed by atoms with Gasteiger partial charge in [-0.2, -0.15) is 0 Å². The molecule has 2 aromatic rings. The molecule has 1 aromatic carbocycles. The number of hydrogen-bond donors (Lipinski definition) is 3. The lowest BCUT2D eigenvalue weighted by Gasteiger charge is -2.16. The highest BCUT2D eigenvalue weighted by molar-refractivity contribution is 7.17. The van der Waals surface area contributed by atoms with Gasteiger partial charge in [-0.15, -0.1) is 11.3 Å². The molecule has 1 atom stereocenters. The SMILES string of the molecule is CC(=O)Nc1sc2c(c1C(=O)OC(C)C(=O)NC(=O)Nc1ccccc1)CCCC2. The average molecular weight is 429 g/mol. The summed E-state index contributed by atoms with van der Waals surface area (Å²) in [5.41, 5.74) is 1.70. The molecule has 0 saturated heterocycles. The third-order valence-corrected chi connectivity index (χ3v) is 5.79. The Morgan fingerprint density at radius 2 is 1.73 bits per heavy atom. The highest BCUT2D eigenvalue weighted by Gasteiger charge is 2.29. The number of para-hydroxylation sites is 1. The summed E-state index contributed by atoms with van der Waals surface area (Å²) < 4.78 is 5.32. The summed E-state index contributed by atoms with van der Waals surface area (Å²) in [6, 6.07) is 7.93.